The summed E-state index contributed by atoms with van der Waals surface area (Å²) in [5.41, 5.74) is 5.14. The highest BCUT2D eigenvalue weighted by atomic mass is 16.5. The van der Waals surface area contributed by atoms with Crippen LogP contribution in [0, 0.1) is 0 Å². The van der Waals surface area contributed by atoms with Crippen molar-refractivity contribution in [2.75, 3.05) is 5.32 Å². The van der Waals surface area contributed by atoms with Crippen LogP contribution in [0.4, 0.5) is 11.4 Å². The van der Waals surface area contributed by atoms with Crippen LogP contribution in [0.15, 0.2) is 78.9 Å². The highest BCUT2D eigenvalue weighted by molar-refractivity contribution is 5.60. The van der Waals surface area contributed by atoms with Crippen LogP contribution in [0.5, 0.6) is 11.5 Å². The summed E-state index contributed by atoms with van der Waals surface area (Å²) in [6, 6.07) is 25.4. The smallest absolute Gasteiger partial charge is 0.127 e. The monoisotopic (exact) mass is 306 g/mol. The maximum absolute atomic E-state index is 8.68. The van der Waals surface area contributed by atoms with Gasteiger partial charge in [-0.3, -0.25) is 0 Å². The van der Waals surface area contributed by atoms with Gasteiger partial charge in [-0.05, 0) is 54.1 Å². The van der Waals surface area contributed by atoms with E-state index in [4.69, 9.17) is 9.94 Å². The number of para-hydroxylation sites is 1. The average Bonchev–Trinajstić information content (AvgIpc) is 2.60. The molecular weight excluding hydrogens is 288 g/mol. The standard InChI is InChI=1S/C19H18N2O2/c22-20-14-15-6-8-16(9-7-15)21-17-10-12-19(13-11-17)23-18-4-2-1-3-5-18/h1-13,20-22H,14H2. The molecule has 0 spiro atoms. The minimum Gasteiger partial charge on any atom is -0.457 e. The molecule has 0 aliphatic carbocycles. The van der Waals surface area contributed by atoms with Crippen LogP contribution in [-0.4, -0.2) is 5.21 Å². The third-order valence-electron chi connectivity index (χ3n) is 3.36. The first-order valence-electron chi connectivity index (χ1n) is 7.39. The molecule has 0 unspecified atom stereocenters. The van der Waals surface area contributed by atoms with E-state index < -0.39 is 0 Å². The van der Waals surface area contributed by atoms with E-state index in [1.54, 1.807) is 0 Å². The fourth-order valence-corrected chi connectivity index (χ4v) is 2.19. The molecule has 23 heavy (non-hydrogen) atoms. The van der Waals surface area contributed by atoms with Crippen molar-refractivity contribution in [3.63, 3.8) is 0 Å². The van der Waals surface area contributed by atoms with E-state index in [2.05, 4.69) is 10.8 Å². The number of rotatable bonds is 6. The zero-order valence-corrected chi connectivity index (χ0v) is 12.6. The van der Waals surface area contributed by atoms with Crippen molar-refractivity contribution >= 4 is 11.4 Å². The van der Waals surface area contributed by atoms with Gasteiger partial charge >= 0.3 is 0 Å². The Labute approximate surface area is 135 Å². The normalized spacial score (nSPS) is 10.3. The van der Waals surface area contributed by atoms with Crippen molar-refractivity contribution in [3.8, 4) is 11.5 Å². The largest absolute Gasteiger partial charge is 0.457 e. The Kier molecular flexibility index (Phi) is 4.88. The van der Waals surface area contributed by atoms with Crippen molar-refractivity contribution in [1.29, 1.82) is 0 Å². The van der Waals surface area contributed by atoms with E-state index in [0.717, 1.165) is 28.4 Å². The molecule has 0 aliphatic heterocycles. The number of benzene rings is 3. The number of hydrogen-bond donors (Lipinski definition) is 3. The lowest BCUT2D eigenvalue weighted by Gasteiger charge is -2.09. The summed E-state index contributed by atoms with van der Waals surface area (Å²) in [4.78, 5) is 0. The molecule has 3 aromatic rings. The van der Waals surface area contributed by atoms with Crippen LogP contribution in [0.25, 0.3) is 0 Å². The third kappa shape index (κ3) is 4.32. The molecular formula is C19H18N2O2. The van der Waals surface area contributed by atoms with Crippen molar-refractivity contribution in [2.24, 2.45) is 0 Å². The first-order valence-corrected chi connectivity index (χ1v) is 7.39. The molecule has 3 N–H and O–H groups in total. The molecule has 0 radical (unpaired) electrons. The van der Waals surface area contributed by atoms with E-state index in [-0.39, 0.29) is 0 Å². The van der Waals surface area contributed by atoms with Gasteiger partial charge in [0.1, 0.15) is 11.5 Å². The molecule has 0 heterocycles. The van der Waals surface area contributed by atoms with Crippen LogP contribution in [0.3, 0.4) is 0 Å². The van der Waals surface area contributed by atoms with Gasteiger partial charge in [-0.2, -0.15) is 0 Å². The lowest BCUT2D eigenvalue weighted by Crippen LogP contribution is -2.05. The van der Waals surface area contributed by atoms with Gasteiger partial charge in [0.25, 0.3) is 0 Å². The van der Waals surface area contributed by atoms with Crippen LogP contribution >= 0.6 is 0 Å². The van der Waals surface area contributed by atoms with Gasteiger partial charge in [-0.1, -0.05) is 30.3 Å². The molecule has 0 amide bonds. The van der Waals surface area contributed by atoms with E-state index in [0.29, 0.717) is 6.54 Å². The Morgan fingerprint density at radius 3 is 1.87 bits per heavy atom. The van der Waals surface area contributed by atoms with Crippen molar-refractivity contribution in [1.82, 2.24) is 5.48 Å². The lowest BCUT2D eigenvalue weighted by atomic mass is 10.2. The Morgan fingerprint density at radius 2 is 1.26 bits per heavy atom. The van der Waals surface area contributed by atoms with Gasteiger partial charge in [0.05, 0.1) is 0 Å². The van der Waals surface area contributed by atoms with Crippen LogP contribution in [-0.2, 0) is 6.54 Å². The highest BCUT2D eigenvalue weighted by Crippen LogP contribution is 2.24. The number of nitrogens with one attached hydrogen (secondary N) is 2. The van der Waals surface area contributed by atoms with Crippen molar-refractivity contribution in [2.45, 2.75) is 6.54 Å². The molecule has 3 aromatic carbocycles. The van der Waals surface area contributed by atoms with E-state index in [9.17, 15) is 0 Å². The topological polar surface area (TPSA) is 53.5 Å². The molecule has 0 fully saturated rings. The summed E-state index contributed by atoms with van der Waals surface area (Å²) in [6.07, 6.45) is 0. The number of anilines is 2. The Hall–Kier alpha value is -2.82. The predicted molar refractivity (Wildman–Crippen MR) is 91.3 cm³/mol. The predicted octanol–water partition coefficient (Wildman–Crippen LogP) is 4.70. The molecule has 0 bridgehead atoms. The van der Waals surface area contributed by atoms with Crippen LogP contribution in [0.1, 0.15) is 5.56 Å². The second-order valence-corrected chi connectivity index (χ2v) is 5.10. The number of hydroxylamine groups is 1. The maximum Gasteiger partial charge on any atom is 0.127 e. The maximum atomic E-state index is 8.68. The van der Waals surface area contributed by atoms with E-state index in [1.807, 2.05) is 78.9 Å². The summed E-state index contributed by atoms with van der Waals surface area (Å²) in [7, 11) is 0. The minimum atomic E-state index is 0.436. The zero-order chi connectivity index (χ0) is 15.9. The summed E-state index contributed by atoms with van der Waals surface area (Å²) in [5.74, 6) is 1.62. The molecule has 0 atom stereocenters. The third-order valence-corrected chi connectivity index (χ3v) is 3.36. The summed E-state index contributed by atoms with van der Waals surface area (Å²) < 4.78 is 5.77. The average molecular weight is 306 g/mol. The van der Waals surface area contributed by atoms with E-state index in [1.165, 1.54) is 0 Å². The fourth-order valence-electron chi connectivity index (χ4n) is 2.19. The van der Waals surface area contributed by atoms with E-state index >= 15 is 0 Å². The zero-order valence-electron chi connectivity index (χ0n) is 12.6. The summed E-state index contributed by atoms with van der Waals surface area (Å²) >= 11 is 0. The Morgan fingerprint density at radius 1 is 0.696 bits per heavy atom. The second-order valence-electron chi connectivity index (χ2n) is 5.10. The molecule has 0 aromatic heterocycles. The summed E-state index contributed by atoms with van der Waals surface area (Å²) in [5, 5.41) is 12.0. The molecule has 0 saturated carbocycles. The lowest BCUT2D eigenvalue weighted by molar-refractivity contribution is 0.161. The van der Waals surface area contributed by atoms with Gasteiger partial charge in [-0.15, -0.1) is 0 Å². The molecule has 3 rings (SSSR count). The molecule has 0 aliphatic rings. The Bertz CT molecular complexity index is 726. The Balaban J connectivity index is 1.63. The SMILES string of the molecule is ONCc1ccc(Nc2ccc(Oc3ccccc3)cc2)cc1. The highest BCUT2D eigenvalue weighted by Gasteiger charge is 1.99. The van der Waals surface area contributed by atoms with Gasteiger partial charge in [0.15, 0.2) is 0 Å². The molecule has 0 saturated heterocycles. The first kappa shape index (κ1) is 15.1. The fraction of sp³-hybridized carbons (Fsp3) is 0.0526. The quantitative estimate of drug-likeness (QED) is 0.578. The number of hydrogen-bond acceptors (Lipinski definition) is 4. The molecule has 4 nitrogen and oxygen atoms in total. The first-order chi connectivity index (χ1) is 11.3. The minimum absolute atomic E-state index is 0.436. The summed E-state index contributed by atoms with van der Waals surface area (Å²) in [6.45, 7) is 0.436. The van der Waals surface area contributed by atoms with Crippen molar-refractivity contribution < 1.29 is 9.94 Å². The van der Waals surface area contributed by atoms with Gasteiger partial charge in [-0.25, -0.2) is 5.48 Å². The van der Waals surface area contributed by atoms with Gasteiger partial charge < -0.3 is 15.3 Å². The molecule has 116 valence electrons. The second kappa shape index (κ2) is 7.45. The van der Waals surface area contributed by atoms with Crippen molar-refractivity contribution in [3.05, 3.63) is 84.4 Å². The van der Waals surface area contributed by atoms with Gasteiger partial charge in [0.2, 0.25) is 0 Å². The van der Waals surface area contributed by atoms with Crippen LogP contribution < -0.4 is 15.5 Å². The van der Waals surface area contributed by atoms with Gasteiger partial charge in [0, 0.05) is 17.9 Å². The molecule has 4 heteroatoms. The van der Waals surface area contributed by atoms with Crippen LogP contribution in [0.2, 0.25) is 0 Å². The number of ether oxygens (including phenoxy) is 1.